The average Bonchev–Trinajstić information content (AvgIpc) is 2.75. The lowest BCUT2D eigenvalue weighted by atomic mass is 9.93. The van der Waals surface area contributed by atoms with Gasteiger partial charge in [-0.05, 0) is 23.6 Å². The van der Waals surface area contributed by atoms with Gasteiger partial charge in [-0.25, -0.2) is 9.59 Å². The molecule has 0 unspecified atom stereocenters. The van der Waals surface area contributed by atoms with Crippen molar-refractivity contribution in [1.82, 2.24) is 0 Å². The molecule has 0 bridgehead atoms. The lowest BCUT2D eigenvalue weighted by Gasteiger charge is -2.25. The molecule has 3 rings (SSSR count). The van der Waals surface area contributed by atoms with Gasteiger partial charge >= 0.3 is 11.9 Å². The van der Waals surface area contributed by atoms with Crippen molar-refractivity contribution in [3.63, 3.8) is 0 Å². The van der Waals surface area contributed by atoms with E-state index in [0.29, 0.717) is 5.56 Å². The van der Waals surface area contributed by atoms with Crippen LogP contribution in [0.25, 0.3) is 11.1 Å². The van der Waals surface area contributed by atoms with E-state index in [4.69, 9.17) is 9.47 Å². The smallest absolute Gasteiger partial charge is 0.352 e. The summed E-state index contributed by atoms with van der Waals surface area (Å²) in [6.45, 7) is 1.27. The van der Waals surface area contributed by atoms with Crippen LogP contribution in [0.15, 0.2) is 84.9 Å². The highest BCUT2D eigenvalue weighted by Crippen LogP contribution is 2.29. The van der Waals surface area contributed by atoms with E-state index in [1.165, 1.54) is 6.92 Å². The lowest BCUT2D eigenvalue weighted by Crippen LogP contribution is -2.38. The zero-order valence-electron chi connectivity index (χ0n) is 16.1. The normalized spacial score (nSPS) is 12.7. The van der Waals surface area contributed by atoms with Gasteiger partial charge in [-0.1, -0.05) is 84.9 Å². The molecular formula is C24H22O5. The zero-order chi connectivity index (χ0) is 20.7. The maximum absolute atomic E-state index is 12.2. The molecule has 0 saturated carbocycles. The maximum Gasteiger partial charge on any atom is 0.352 e. The summed E-state index contributed by atoms with van der Waals surface area (Å²) in [6, 6.07) is 26.1. The van der Waals surface area contributed by atoms with Crippen LogP contribution in [0.4, 0.5) is 0 Å². The molecule has 1 atom stereocenters. The second kappa shape index (κ2) is 9.17. The van der Waals surface area contributed by atoms with Gasteiger partial charge in [0.1, 0.15) is 6.61 Å². The minimum atomic E-state index is -1.80. The molecular weight excluding hydrogens is 368 g/mol. The molecule has 0 amide bonds. The van der Waals surface area contributed by atoms with Crippen molar-refractivity contribution >= 4 is 11.9 Å². The second-order valence-corrected chi connectivity index (χ2v) is 6.73. The molecule has 148 valence electrons. The van der Waals surface area contributed by atoms with Crippen LogP contribution in [0.3, 0.4) is 0 Å². The summed E-state index contributed by atoms with van der Waals surface area (Å²) >= 11 is 0. The highest BCUT2D eigenvalue weighted by molar-refractivity contribution is 5.83. The predicted octanol–water partition coefficient (Wildman–Crippen LogP) is 4.41. The second-order valence-electron chi connectivity index (χ2n) is 6.73. The van der Waals surface area contributed by atoms with Gasteiger partial charge in [-0.2, -0.15) is 0 Å². The van der Waals surface area contributed by atoms with E-state index in [9.17, 15) is 14.7 Å². The average molecular weight is 390 g/mol. The fraction of sp³-hybridized carbons (Fsp3) is 0.167. The molecule has 0 aliphatic carbocycles. The molecule has 0 aromatic heterocycles. The van der Waals surface area contributed by atoms with E-state index in [2.05, 4.69) is 0 Å². The molecule has 0 radical (unpaired) electrons. The van der Waals surface area contributed by atoms with Crippen molar-refractivity contribution in [1.29, 1.82) is 0 Å². The fourth-order valence-corrected chi connectivity index (χ4v) is 2.92. The van der Waals surface area contributed by atoms with Crippen LogP contribution in [0.1, 0.15) is 18.1 Å². The first-order valence-corrected chi connectivity index (χ1v) is 9.22. The van der Waals surface area contributed by atoms with Crippen LogP contribution < -0.4 is 0 Å². The largest absolute Gasteiger partial charge is 0.478 e. The monoisotopic (exact) mass is 390 g/mol. The number of carboxylic acids is 1. The van der Waals surface area contributed by atoms with Gasteiger partial charge in [0.05, 0.1) is 6.61 Å². The molecule has 0 spiro atoms. The molecule has 0 heterocycles. The van der Waals surface area contributed by atoms with Crippen LogP contribution in [0.5, 0.6) is 0 Å². The fourth-order valence-electron chi connectivity index (χ4n) is 2.92. The molecule has 0 aliphatic heterocycles. The van der Waals surface area contributed by atoms with Crippen LogP contribution in [0.2, 0.25) is 0 Å². The van der Waals surface area contributed by atoms with Gasteiger partial charge in [-0.3, -0.25) is 0 Å². The van der Waals surface area contributed by atoms with Crippen molar-refractivity contribution in [2.45, 2.75) is 19.1 Å². The third kappa shape index (κ3) is 5.09. The third-order valence-corrected chi connectivity index (χ3v) is 4.60. The highest BCUT2D eigenvalue weighted by Gasteiger charge is 2.39. The Morgan fingerprint density at radius 2 is 1.38 bits per heavy atom. The maximum atomic E-state index is 12.2. The quantitative estimate of drug-likeness (QED) is 0.577. The van der Waals surface area contributed by atoms with E-state index < -0.39 is 17.5 Å². The van der Waals surface area contributed by atoms with Crippen molar-refractivity contribution in [3.8, 4) is 11.1 Å². The Morgan fingerprint density at radius 3 is 1.97 bits per heavy atom. The van der Waals surface area contributed by atoms with Crippen molar-refractivity contribution in [2.75, 3.05) is 6.61 Å². The van der Waals surface area contributed by atoms with E-state index in [1.807, 2.05) is 72.8 Å². The van der Waals surface area contributed by atoms with Crippen LogP contribution in [0, 0.1) is 0 Å². The minimum absolute atomic E-state index is 0.242. The van der Waals surface area contributed by atoms with E-state index in [0.717, 1.165) is 16.7 Å². The Hall–Kier alpha value is -3.44. The molecule has 29 heavy (non-hydrogen) atoms. The van der Waals surface area contributed by atoms with Crippen molar-refractivity contribution < 1.29 is 24.2 Å². The van der Waals surface area contributed by atoms with Crippen LogP contribution in [-0.2, 0) is 31.3 Å². The summed E-state index contributed by atoms with van der Waals surface area (Å²) in [6.07, 6.45) is 0. The van der Waals surface area contributed by atoms with Gasteiger partial charge in [0.2, 0.25) is 5.60 Å². The predicted molar refractivity (Wildman–Crippen MR) is 109 cm³/mol. The molecule has 0 saturated heterocycles. The number of hydrogen-bond donors (Lipinski definition) is 1. The Balaban J connectivity index is 1.67. The molecule has 1 N–H and O–H groups in total. The van der Waals surface area contributed by atoms with Gasteiger partial charge in [-0.15, -0.1) is 0 Å². The SMILES string of the molecule is C[C@@](OC(=O)COCc1ccccc1)(C(=O)O)c1ccc(-c2ccccc2)cc1. The molecule has 5 nitrogen and oxygen atoms in total. The Kier molecular flexibility index (Phi) is 6.42. The summed E-state index contributed by atoms with van der Waals surface area (Å²) in [7, 11) is 0. The van der Waals surface area contributed by atoms with Gasteiger partial charge in [0.25, 0.3) is 0 Å². The van der Waals surface area contributed by atoms with E-state index >= 15 is 0 Å². The highest BCUT2D eigenvalue weighted by atomic mass is 16.6. The lowest BCUT2D eigenvalue weighted by molar-refractivity contribution is -0.181. The topological polar surface area (TPSA) is 72.8 Å². The third-order valence-electron chi connectivity index (χ3n) is 4.60. The van der Waals surface area contributed by atoms with Crippen molar-refractivity contribution in [2.24, 2.45) is 0 Å². The zero-order valence-corrected chi connectivity index (χ0v) is 16.1. The first kappa shape index (κ1) is 20.3. The van der Waals surface area contributed by atoms with E-state index in [-0.39, 0.29) is 13.2 Å². The van der Waals surface area contributed by atoms with Crippen LogP contribution in [-0.4, -0.2) is 23.7 Å². The van der Waals surface area contributed by atoms with Gasteiger partial charge in [0, 0.05) is 5.56 Å². The standard InChI is InChI=1S/C24H22O5/c1-24(23(26)27,29-22(25)17-28-16-18-8-4-2-5-9-18)21-14-12-20(13-15-21)19-10-6-3-7-11-19/h2-15H,16-17H2,1H3,(H,26,27)/t24-/m0/s1. The number of aliphatic carboxylic acids is 1. The summed E-state index contributed by atoms with van der Waals surface area (Å²) < 4.78 is 10.7. The van der Waals surface area contributed by atoms with Crippen LogP contribution >= 0.6 is 0 Å². The molecule has 0 fully saturated rings. The number of carbonyl (C=O) groups is 2. The van der Waals surface area contributed by atoms with E-state index in [1.54, 1.807) is 12.1 Å². The summed E-state index contributed by atoms with van der Waals surface area (Å²) in [5, 5.41) is 9.71. The van der Waals surface area contributed by atoms with Crippen molar-refractivity contribution in [3.05, 3.63) is 96.1 Å². The number of benzene rings is 3. The number of carboxylic acid groups (broad SMARTS) is 1. The number of esters is 1. The Morgan fingerprint density at radius 1 is 0.828 bits per heavy atom. The Bertz CT molecular complexity index is 952. The summed E-state index contributed by atoms with van der Waals surface area (Å²) in [4.78, 5) is 24.1. The molecule has 3 aromatic carbocycles. The molecule has 5 heteroatoms. The first-order chi connectivity index (χ1) is 14.0. The number of hydrogen-bond acceptors (Lipinski definition) is 4. The number of rotatable bonds is 8. The summed E-state index contributed by atoms with van der Waals surface area (Å²) in [5.74, 6) is -1.99. The van der Waals surface area contributed by atoms with Gasteiger partial charge < -0.3 is 14.6 Å². The first-order valence-electron chi connectivity index (χ1n) is 9.22. The number of ether oxygens (including phenoxy) is 2. The Labute approximate surface area is 169 Å². The molecule has 3 aromatic rings. The number of carbonyl (C=O) groups excluding carboxylic acids is 1. The summed E-state index contributed by atoms with van der Waals surface area (Å²) in [5.41, 5.74) is 1.45. The van der Waals surface area contributed by atoms with Gasteiger partial charge in [0.15, 0.2) is 0 Å². The molecule has 0 aliphatic rings. The minimum Gasteiger partial charge on any atom is -0.478 e.